The summed E-state index contributed by atoms with van der Waals surface area (Å²) in [6.07, 6.45) is 1.90. The minimum Gasteiger partial charge on any atom is -0.416 e. The third-order valence-corrected chi connectivity index (χ3v) is 9.53. The van der Waals surface area contributed by atoms with Gasteiger partial charge in [0.15, 0.2) is 14.1 Å². The van der Waals surface area contributed by atoms with E-state index in [1.54, 1.807) is 0 Å². The molecule has 0 amide bonds. The lowest BCUT2D eigenvalue weighted by Crippen LogP contribution is -2.46. The Morgan fingerprint density at radius 1 is 1.30 bits per heavy atom. The molecular weight excluding hydrogens is 272 g/mol. The van der Waals surface area contributed by atoms with Gasteiger partial charge in [-0.05, 0) is 18.1 Å². The van der Waals surface area contributed by atoms with Crippen LogP contribution in [0.2, 0.25) is 18.1 Å². The lowest BCUT2D eigenvalue weighted by Gasteiger charge is -2.39. The van der Waals surface area contributed by atoms with Gasteiger partial charge in [-0.25, -0.2) is 0 Å². The molecule has 2 aliphatic rings. The highest BCUT2D eigenvalue weighted by Gasteiger charge is 2.46. The fourth-order valence-corrected chi connectivity index (χ4v) is 3.60. The van der Waals surface area contributed by atoms with Crippen molar-refractivity contribution in [1.29, 1.82) is 0 Å². The molecule has 1 atom stereocenters. The van der Waals surface area contributed by atoms with E-state index in [4.69, 9.17) is 13.9 Å². The molecular formula is C15H28O4Si. The maximum absolute atomic E-state index is 12.1. The van der Waals surface area contributed by atoms with Gasteiger partial charge in [-0.1, -0.05) is 20.8 Å². The average molecular weight is 300 g/mol. The smallest absolute Gasteiger partial charge is 0.192 e. The van der Waals surface area contributed by atoms with Crippen LogP contribution in [-0.4, -0.2) is 39.7 Å². The van der Waals surface area contributed by atoms with Crippen molar-refractivity contribution >= 4 is 14.1 Å². The molecule has 20 heavy (non-hydrogen) atoms. The van der Waals surface area contributed by atoms with E-state index < -0.39 is 14.1 Å². The number of carbonyl (C=O) groups excluding carboxylic acids is 1. The van der Waals surface area contributed by atoms with Crippen molar-refractivity contribution in [2.45, 2.75) is 64.0 Å². The summed E-state index contributed by atoms with van der Waals surface area (Å²) < 4.78 is 17.7. The Balaban J connectivity index is 1.96. The monoisotopic (exact) mass is 300 g/mol. The van der Waals surface area contributed by atoms with E-state index in [-0.39, 0.29) is 11.0 Å². The molecule has 1 aliphatic carbocycles. The predicted octanol–water partition coefficient (Wildman–Crippen LogP) is 3.12. The summed E-state index contributed by atoms with van der Waals surface area (Å²) >= 11 is 0. The number of hydrogen-bond acceptors (Lipinski definition) is 4. The molecule has 1 spiro atoms. The highest BCUT2D eigenvalue weighted by molar-refractivity contribution is 6.74. The molecule has 0 radical (unpaired) electrons. The molecule has 2 fully saturated rings. The summed E-state index contributed by atoms with van der Waals surface area (Å²) in [5.74, 6) is -0.278. The Bertz CT molecular complexity index is 367. The zero-order valence-corrected chi connectivity index (χ0v) is 14.5. The second-order valence-corrected chi connectivity index (χ2v) is 12.4. The standard InChI is InChI=1S/C15H28O4Si/c1-14(2,3)20(4,5)19-11-12-10-15(7-6-13(12)16)17-8-9-18-15/h12H,6-11H2,1-5H3/t12-/m0/s1. The maximum atomic E-state index is 12.1. The van der Waals surface area contributed by atoms with Gasteiger partial charge in [-0.15, -0.1) is 0 Å². The summed E-state index contributed by atoms with van der Waals surface area (Å²) in [6, 6.07) is 0. The normalized spacial score (nSPS) is 27.2. The second kappa shape index (κ2) is 5.52. The molecule has 5 heteroatoms. The van der Waals surface area contributed by atoms with Crippen molar-refractivity contribution in [2.75, 3.05) is 19.8 Å². The third kappa shape index (κ3) is 3.32. The minimum atomic E-state index is -1.80. The van der Waals surface area contributed by atoms with Crippen LogP contribution in [0.1, 0.15) is 40.0 Å². The van der Waals surface area contributed by atoms with Crippen molar-refractivity contribution in [3.63, 3.8) is 0 Å². The first-order valence-electron chi connectivity index (χ1n) is 7.60. The van der Waals surface area contributed by atoms with Crippen molar-refractivity contribution < 1.29 is 18.7 Å². The molecule has 2 rings (SSSR count). The molecule has 1 heterocycles. The van der Waals surface area contributed by atoms with Gasteiger partial charge < -0.3 is 13.9 Å². The molecule has 0 aromatic rings. The largest absolute Gasteiger partial charge is 0.416 e. The van der Waals surface area contributed by atoms with E-state index in [1.807, 2.05) is 0 Å². The van der Waals surface area contributed by atoms with Gasteiger partial charge in [0.25, 0.3) is 0 Å². The van der Waals surface area contributed by atoms with Crippen LogP contribution in [-0.2, 0) is 18.7 Å². The van der Waals surface area contributed by atoms with Crippen LogP contribution in [0.15, 0.2) is 0 Å². The number of Topliss-reactive ketones (excluding diaryl/α,β-unsaturated/α-hetero) is 1. The molecule has 0 aromatic carbocycles. The third-order valence-electron chi connectivity index (χ3n) is 5.03. The summed E-state index contributed by atoms with van der Waals surface area (Å²) in [5, 5.41) is 0.169. The van der Waals surface area contributed by atoms with Gasteiger partial charge in [-0.2, -0.15) is 0 Å². The van der Waals surface area contributed by atoms with Gasteiger partial charge >= 0.3 is 0 Å². The molecule has 0 N–H and O–H groups in total. The van der Waals surface area contributed by atoms with Crippen LogP contribution in [0.4, 0.5) is 0 Å². The summed E-state index contributed by atoms with van der Waals surface area (Å²) in [7, 11) is -1.80. The van der Waals surface area contributed by atoms with Crippen molar-refractivity contribution in [3.8, 4) is 0 Å². The van der Waals surface area contributed by atoms with Crippen LogP contribution in [0, 0.1) is 5.92 Å². The van der Waals surface area contributed by atoms with E-state index in [2.05, 4.69) is 33.9 Å². The molecule has 0 bridgehead atoms. The van der Waals surface area contributed by atoms with Crippen LogP contribution >= 0.6 is 0 Å². The minimum absolute atomic E-state index is 0.0732. The van der Waals surface area contributed by atoms with Gasteiger partial charge in [-0.3, -0.25) is 4.79 Å². The lowest BCUT2D eigenvalue weighted by atomic mass is 9.84. The first kappa shape index (κ1) is 16.1. The number of hydrogen-bond donors (Lipinski definition) is 0. The van der Waals surface area contributed by atoms with E-state index in [0.717, 1.165) is 0 Å². The Kier molecular flexibility index (Phi) is 4.45. The van der Waals surface area contributed by atoms with Gasteiger partial charge in [0.2, 0.25) is 0 Å². The Morgan fingerprint density at radius 3 is 2.45 bits per heavy atom. The van der Waals surface area contributed by atoms with Gasteiger partial charge in [0.1, 0.15) is 5.78 Å². The van der Waals surface area contributed by atoms with Crippen molar-refractivity contribution in [3.05, 3.63) is 0 Å². The number of rotatable bonds is 3. The van der Waals surface area contributed by atoms with Crippen LogP contribution in [0.25, 0.3) is 0 Å². The zero-order valence-electron chi connectivity index (χ0n) is 13.5. The van der Waals surface area contributed by atoms with Crippen LogP contribution < -0.4 is 0 Å². The molecule has 0 aromatic heterocycles. The molecule has 1 aliphatic heterocycles. The van der Waals surface area contributed by atoms with Gasteiger partial charge in [0, 0.05) is 31.8 Å². The van der Waals surface area contributed by atoms with Crippen LogP contribution in [0.5, 0.6) is 0 Å². The highest BCUT2D eigenvalue weighted by Crippen LogP contribution is 2.40. The second-order valence-electron chi connectivity index (χ2n) is 7.55. The summed E-state index contributed by atoms with van der Waals surface area (Å²) in [5.41, 5.74) is 0. The quantitative estimate of drug-likeness (QED) is 0.751. The lowest BCUT2D eigenvalue weighted by molar-refractivity contribution is -0.191. The fraction of sp³-hybridized carbons (Fsp3) is 0.933. The molecule has 116 valence electrons. The zero-order chi connectivity index (χ0) is 15.0. The summed E-state index contributed by atoms with van der Waals surface area (Å²) in [6.45, 7) is 12.9. The molecule has 4 nitrogen and oxygen atoms in total. The molecule has 0 unspecified atom stereocenters. The Morgan fingerprint density at radius 2 is 1.90 bits per heavy atom. The first-order valence-corrected chi connectivity index (χ1v) is 10.5. The van der Waals surface area contributed by atoms with Crippen molar-refractivity contribution in [2.24, 2.45) is 5.92 Å². The van der Waals surface area contributed by atoms with E-state index in [1.165, 1.54) is 0 Å². The van der Waals surface area contributed by atoms with E-state index >= 15 is 0 Å². The highest BCUT2D eigenvalue weighted by atomic mass is 28.4. The fourth-order valence-electron chi connectivity index (χ4n) is 2.55. The first-order chi connectivity index (χ1) is 9.15. The average Bonchev–Trinajstić information content (AvgIpc) is 2.78. The maximum Gasteiger partial charge on any atom is 0.192 e. The van der Waals surface area contributed by atoms with Gasteiger partial charge in [0.05, 0.1) is 13.2 Å². The predicted molar refractivity (Wildman–Crippen MR) is 80.1 cm³/mol. The Hall–Kier alpha value is -0.233. The SMILES string of the molecule is CC(C)(C)[Si](C)(C)OC[C@@H]1CC2(CCC1=O)OCCO2. The summed E-state index contributed by atoms with van der Waals surface area (Å²) in [4.78, 5) is 12.1. The van der Waals surface area contributed by atoms with E-state index in [9.17, 15) is 4.79 Å². The molecule has 1 saturated heterocycles. The number of carbonyl (C=O) groups is 1. The molecule has 1 saturated carbocycles. The Labute approximate surface area is 123 Å². The topological polar surface area (TPSA) is 44.8 Å². The number of ketones is 1. The van der Waals surface area contributed by atoms with Crippen molar-refractivity contribution in [1.82, 2.24) is 0 Å². The van der Waals surface area contributed by atoms with Crippen LogP contribution in [0.3, 0.4) is 0 Å². The number of ether oxygens (including phenoxy) is 2. The van der Waals surface area contributed by atoms with E-state index in [0.29, 0.717) is 44.9 Å².